The molecule has 1 unspecified atom stereocenters. The van der Waals surface area contributed by atoms with E-state index in [-0.39, 0.29) is 6.10 Å². The van der Waals surface area contributed by atoms with Gasteiger partial charge in [0.15, 0.2) is 0 Å². The molecule has 2 rings (SSSR count). The highest BCUT2D eigenvalue weighted by Gasteiger charge is 2.16. The normalized spacial score (nSPS) is 20.6. The predicted molar refractivity (Wildman–Crippen MR) is 69.0 cm³/mol. The highest BCUT2D eigenvalue weighted by molar-refractivity contribution is 5.57. The van der Waals surface area contributed by atoms with Crippen LogP contribution in [0, 0.1) is 0 Å². The Bertz CT molecular complexity index is 370. The van der Waals surface area contributed by atoms with Crippen LogP contribution in [-0.2, 0) is 4.74 Å². The maximum atomic E-state index is 5.97. The van der Waals surface area contributed by atoms with Crippen molar-refractivity contribution >= 4 is 6.08 Å². The molecule has 17 heavy (non-hydrogen) atoms. The van der Waals surface area contributed by atoms with Gasteiger partial charge in [0.05, 0.1) is 6.61 Å². The second-order valence-corrected chi connectivity index (χ2v) is 4.13. The summed E-state index contributed by atoms with van der Waals surface area (Å²) in [5.74, 6) is 0.910. The van der Waals surface area contributed by atoms with Crippen molar-refractivity contribution in [3.63, 3.8) is 0 Å². The van der Waals surface area contributed by atoms with Crippen LogP contribution >= 0.6 is 0 Å². The maximum Gasteiger partial charge on any atom is 0.127 e. The lowest BCUT2D eigenvalue weighted by atomic mass is 10.1. The minimum absolute atomic E-state index is 0.177. The Balaban J connectivity index is 2.05. The molecule has 2 N–H and O–H groups in total. The first-order chi connectivity index (χ1) is 8.40. The summed E-state index contributed by atoms with van der Waals surface area (Å²) in [5.41, 5.74) is 6.54. The summed E-state index contributed by atoms with van der Waals surface area (Å²) in [6.07, 6.45) is 6.25. The average Bonchev–Trinajstić information content (AvgIpc) is 2.39. The van der Waals surface area contributed by atoms with Gasteiger partial charge in [-0.3, -0.25) is 0 Å². The molecule has 1 aromatic rings. The van der Waals surface area contributed by atoms with Crippen LogP contribution in [0.3, 0.4) is 0 Å². The average molecular weight is 233 g/mol. The molecule has 3 heteroatoms. The summed E-state index contributed by atoms with van der Waals surface area (Å²) in [5, 5.41) is 0. The first-order valence-electron chi connectivity index (χ1n) is 6.10. The summed E-state index contributed by atoms with van der Waals surface area (Å²) >= 11 is 0. The fourth-order valence-corrected chi connectivity index (χ4v) is 1.90. The van der Waals surface area contributed by atoms with Crippen molar-refractivity contribution in [2.75, 3.05) is 19.8 Å². The van der Waals surface area contributed by atoms with Crippen LogP contribution < -0.4 is 10.5 Å². The largest absolute Gasteiger partial charge is 0.487 e. The number of rotatable bonds is 4. The van der Waals surface area contributed by atoms with E-state index in [0.29, 0.717) is 13.2 Å². The van der Waals surface area contributed by atoms with Crippen LogP contribution in [0.2, 0.25) is 0 Å². The van der Waals surface area contributed by atoms with Gasteiger partial charge in [0.2, 0.25) is 0 Å². The molecule has 1 heterocycles. The van der Waals surface area contributed by atoms with E-state index in [0.717, 1.165) is 30.8 Å². The van der Waals surface area contributed by atoms with E-state index in [1.807, 2.05) is 36.4 Å². The fourth-order valence-electron chi connectivity index (χ4n) is 1.90. The van der Waals surface area contributed by atoms with Gasteiger partial charge in [0, 0.05) is 18.7 Å². The topological polar surface area (TPSA) is 44.5 Å². The molecule has 0 bridgehead atoms. The van der Waals surface area contributed by atoms with Gasteiger partial charge in [-0.05, 0) is 18.9 Å². The van der Waals surface area contributed by atoms with Gasteiger partial charge in [0.1, 0.15) is 11.9 Å². The third-order valence-electron chi connectivity index (χ3n) is 2.76. The van der Waals surface area contributed by atoms with Crippen molar-refractivity contribution in [3.05, 3.63) is 35.9 Å². The van der Waals surface area contributed by atoms with Crippen LogP contribution in [0.4, 0.5) is 0 Å². The number of para-hydroxylation sites is 1. The lowest BCUT2D eigenvalue weighted by Gasteiger charge is -2.24. The zero-order valence-corrected chi connectivity index (χ0v) is 9.97. The first kappa shape index (κ1) is 12.1. The molecule has 0 amide bonds. The second-order valence-electron chi connectivity index (χ2n) is 4.13. The standard InChI is InChI=1S/C14H19NO2/c15-9-3-6-12-5-1-2-8-14(12)17-13-7-4-10-16-11-13/h1-3,5-6,8,13H,4,7,9-11,15H2/b6-3+. The Hall–Kier alpha value is -1.32. The van der Waals surface area contributed by atoms with Gasteiger partial charge in [-0.2, -0.15) is 0 Å². The van der Waals surface area contributed by atoms with Gasteiger partial charge in [-0.15, -0.1) is 0 Å². The van der Waals surface area contributed by atoms with Crippen molar-refractivity contribution in [2.24, 2.45) is 5.73 Å². The van der Waals surface area contributed by atoms with Gasteiger partial charge in [-0.25, -0.2) is 0 Å². The number of benzene rings is 1. The van der Waals surface area contributed by atoms with Crippen molar-refractivity contribution in [1.29, 1.82) is 0 Å². The Kier molecular flexibility index (Phi) is 4.59. The lowest BCUT2D eigenvalue weighted by molar-refractivity contribution is 0.00734. The molecule has 3 nitrogen and oxygen atoms in total. The number of ether oxygens (including phenoxy) is 2. The molecule has 0 radical (unpaired) electrons. The Morgan fingerprint density at radius 3 is 3.06 bits per heavy atom. The summed E-state index contributed by atoms with van der Waals surface area (Å²) in [4.78, 5) is 0. The Morgan fingerprint density at radius 1 is 1.41 bits per heavy atom. The van der Waals surface area contributed by atoms with Crippen LogP contribution in [0.5, 0.6) is 5.75 Å². The number of nitrogens with two attached hydrogens (primary N) is 1. The Labute approximate surface area is 102 Å². The monoisotopic (exact) mass is 233 g/mol. The second kappa shape index (κ2) is 6.42. The third-order valence-corrected chi connectivity index (χ3v) is 2.76. The van der Waals surface area contributed by atoms with Crippen molar-refractivity contribution < 1.29 is 9.47 Å². The van der Waals surface area contributed by atoms with E-state index in [9.17, 15) is 0 Å². The zero-order chi connectivity index (χ0) is 11.9. The van der Waals surface area contributed by atoms with Gasteiger partial charge in [0.25, 0.3) is 0 Å². The SMILES string of the molecule is NC/C=C/c1ccccc1OC1CCCOC1. The molecule has 1 aliphatic heterocycles. The molecular formula is C14H19NO2. The molecule has 1 aromatic carbocycles. The van der Waals surface area contributed by atoms with E-state index in [4.69, 9.17) is 15.2 Å². The molecule has 1 fully saturated rings. The maximum absolute atomic E-state index is 5.97. The van der Waals surface area contributed by atoms with Gasteiger partial charge >= 0.3 is 0 Å². The summed E-state index contributed by atoms with van der Waals surface area (Å²) in [6.45, 7) is 2.09. The molecule has 0 spiro atoms. The van der Waals surface area contributed by atoms with Crippen LogP contribution in [0.25, 0.3) is 6.08 Å². The molecule has 1 saturated heterocycles. The molecule has 0 aliphatic carbocycles. The molecule has 92 valence electrons. The molecule has 1 aliphatic rings. The summed E-state index contributed by atoms with van der Waals surface area (Å²) in [7, 11) is 0. The van der Waals surface area contributed by atoms with E-state index >= 15 is 0 Å². The number of hydrogen-bond acceptors (Lipinski definition) is 3. The molecule has 0 saturated carbocycles. The third kappa shape index (κ3) is 3.58. The minimum atomic E-state index is 0.177. The van der Waals surface area contributed by atoms with Crippen LogP contribution in [0.15, 0.2) is 30.3 Å². The van der Waals surface area contributed by atoms with E-state index in [1.54, 1.807) is 0 Å². The van der Waals surface area contributed by atoms with Crippen LogP contribution in [0.1, 0.15) is 18.4 Å². The smallest absolute Gasteiger partial charge is 0.127 e. The minimum Gasteiger partial charge on any atom is -0.487 e. The lowest BCUT2D eigenvalue weighted by Crippen LogP contribution is -2.28. The fraction of sp³-hybridized carbons (Fsp3) is 0.429. The molecule has 0 aromatic heterocycles. The summed E-state index contributed by atoms with van der Waals surface area (Å²) < 4.78 is 11.4. The van der Waals surface area contributed by atoms with Crippen molar-refractivity contribution in [1.82, 2.24) is 0 Å². The first-order valence-corrected chi connectivity index (χ1v) is 6.10. The van der Waals surface area contributed by atoms with E-state index in [2.05, 4.69) is 0 Å². The summed E-state index contributed by atoms with van der Waals surface area (Å²) in [6, 6.07) is 8.01. The van der Waals surface area contributed by atoms with Crippen molar-refractivity contribution in [3.8, 4) is 5.75 Å². The van der Waals surface area contributed by atoms with E-state index < -0.39 is 0 Å². The van der Waals surface area contributed by atoms with Crippen LogP contribution in [-0.4, -0.2) is 25.9 Å². The Morgan fingerprint density at radius 2 is 2.29 bits per heavy atom. The molecule has 1 atom stereocenters. The van der Waals surface area contributed by atoms with Crippen molar-refractivity contribution in [2.45, 2.75) is 18.9 Å². The van der Waals surface area contributed by atoms with E-state index in [1.165, 1.54) is 0 Å². The zero-order valence-electron chi connectivity index (χ0n) is 9.97. The van der Waals surface area contributed by atoms with Gasteiger partial charge < -0.3 is 15.2 Å². The highest BCUT2D eigenvalue weighted by Crippen LogP contribution is 2.23. The quantitative estimate of drug-likeness (QED) is 0.867. The molecular weight excluding hydrogens is 214 g/mol. The number of hydrogen-bond donors (Lipinski definition) is 1. The highest BCUT2D eigenvalue weighted by atomic mass is 16.5. The van der Waals surface area contributed by atoms with Gasteiger partial charge in [-0.1, -0.05) is 30.4 Å². The predicted octanol–water partition coefficient (Wildman–Crippen LogP) is 2.22.